The van der Waals surface area contributed by atoms with Crippen molar-refractivity contribution in [2.24, 2.45) is 0 Å². The Labute approximate surface area is 125 Å². The number of nitrogens with one attached hydrogen (secondary N) is 1. The number of carbonyl (C=O) groups is 1. The fourth-order valence-electron chi connectivity index (χ4n) is 1.90. The molecule has 0 aliphatic rings. The third kappa shape index (κ3) is 6.24. The third-order valence-electron chi connectivity index (χ3n) is 3.19. The van der Waals surface area contributed by atoms with Crippen molar-refractivity contribution in [1.29, 1.82) is 0 Å². The van der Waals surface area contributed by atoms with E-state index in [0.717, 1.165) is 23.9 Å². The fraction of sp³-hybridized carbons (Fsp3) is 0.562. The number of benzene rings is 1. The van der Waals surface area contributed by atoms with Gasteiger partial charge < -0.3 is 5.32 Å². The van der Waals surface area contributed by atoms with E-state index in [0.29, 0.717) is 5.92 Å². The van der Waals surface area contributed by atoms with E-state index in [1.807, 2.05) is 24.3 Å². The Morgan fingerprint density at radius 3 is 2.32 bits per heavy atom. The van der Waals surface area contributed by atoms with Crippen LogP contribution in [0.25, 0.3) is 0 Å². The highest BCUT2D eigenvalue weighted by atomic mass is 79.9. The molecule has 1 rings (SSSR count). The molecule has 0 heterocycles. The van der Waals surface area contributed by atoms with Crippen LogP contribution in [0.3, 0.4) is 0 Å². The first-order valence-corrected chi connectivity index (χ1v) is 8.21. The molecule has 106 valence electrons. The van der Waals surface area contributed by atoms with Crippen LogP contribution in [-0.2, 0) is 0 Å². The van der Waals surface area contributed by atoms with Crippen molar-refractivity contribution in [2.45, 2.75) is 45.4 Å². The highest BCUT2D eigenvalue weighted by Crippen LogP contribution is 2.14. The van der Waals surface area contributed by atoms with Crippen LogP contribution in [0.4, 0.5) is 0 Å². The van der Waals surface area contributed by atoms with E-state index in [9.17, 15) is 4.79 Å². The van der Waals surface area contributed by atoms with Crippen molar-refractivity contribution in [3.63, 3.8) is 0 Å². The fourth-order valence-corrected chi connectivity index (χ4v) is 2.29. The molecule has 1 amide bonds. The Morgan fingerprint density at radius 1 is 1.11 bits per heavy atom. The van der Waals surface area contributed by atoms with Crippen molar-refractivity contribution >= 4 is 21.8 Å². The number of amides is 1. The van der Waals surface area contributed by atoms with Gasteiger partial charge in [0.15, 0.2) is 0 Å². The van der Waals surface area contributed by atoms with Crippen LogP contribution in [0, 0.1) is 0 Å². The summed E-state index contributed by atoms with van der Waals surface area (Å²) in [6.45, 7) is 5.08. The monoisotopic (exact) mass is 325 g/mol. The smallest absolute Gasteiger partial charge is 0.251 e. The zero-order valence-electron chi connectivity index (χ0n) is 11.9. The van der Waals surface area contributed by atoms with Gasteiger partial charge >= 0.3 is 0 Å². The lowest BCUT2D eigenvalue weighted by Crippen LogP contribution is -2.24. The van der Waals surface area contributed by atoms with E-state index >= 15 is 0 Å². The third-order valence-corrected chi connectivity index (χ3v) is 3.75. The van der Waals surface area contributed by atoms with E-state index in [1.54, 1.807) is 0 Å². The average molecular weight is 326 g/mol. The van der Waals surface area contributed by atoms with Gasteiger partial charge in [-0.05, 0) is 36.5 Å². The average Bonchev–Trinajstić information content (AvgIpc) is 2.42. The molecule has 2 nitrogen and oxygen atoms in total. The van der Waals surface area contributed by atoms with Gasteiger partial charge in [-0.15, -0.1) is 0 Å². The molecule has 0 bridgehead atoms. The summed E-state index contributed by atoms with van der Waals surface area (Å²) in [6.07, 6.45) is 4.68. The van der Waals surface area contributed by atoms with E-state index in [4.69, 9.17) is 0 Å². The summed E-state index contributed by atoms with van der Waals surface area (Å²) in [6, 6.07) is 7.90. The highest BCUT2D eigenvalue weighted by molar-refractivity contribution is 9.09. The number of hydrogen-bond donors (Lipinski definition) is 1. The number of hydrogen-bond acceptors (Lipinski definition) is 1. The quantitative estimate of drug-likeness (QED) is 0.553. The molecule has 0 saturated carbocycles. The van der Waals surface area contributed by atoms with E-state index in [-0.39, 0.29) is 5.91 Å². The first-order chi connectivity index (χ1) is 9.15. The van der Waals surface area contributed by atoms with Gasteiger partial charge in [-0.1, -0.05) is 54.8 Å². The Balaban J connectivity index is 2.29. The number of halogens is 1. The standard InChI is InChI=1S/C16H24BrNO/c1-13(2)14-7-9-15(10-8-14)16(19)18-12-6-4-3-5-11-17/h7-10,13H,3-6,11-12H2,1-2H3,(H,18,19). The van der Waals surface area contributed by atoms with Crippen molar-refractivity contribution < 1.29 is 4.79 Å². The largest absolute Gasteiger partial charge is 0.352 e. The lowest BCUT2D eigenvalue weighted by Gasteiger charge is -2.08. The van der Waals surface area contributed by atoms with Gasteiger partial charge in [-0.3, -0.25) is 4.79 Å². The van der Waals surface area contributed by atoms with Crippen LogP contribution in [-0.4, -0.2) is 17.8 Å². The first kappa shape index (κ1) is 16.2. The Morgan fingerprint density at radius 2 is 1.74 bits per heavy atom. The van der Waals surface area contributed by atoms with Crippen molar-refractivity contribution in [3.05, 3.63) is 35.4 Å². The molecule has 1 aromatic carbocycles. The predicted molar refractivity (Wildman–Crippen MR) is 85.1 cm³/mol. The predicted octanol–water partition coefficient (Wildman–Crippen LogP) is 4.50. The zero-order chi connectivity index (χ0) is 14.1. The topological polar surface area (TPSA) is 29.1 Å². The van der Waals surface area contributed by atoms with Crippen LogP contribution in [0.2, 0.25) is 0 Å². The molecule has 0 aromatic heterocycles. The maximum atomic E-state index is 11.9. The lowest BCUT2D eigenvalue weighted by molar-refractivity contribution is 0.0953. The highest BCUT2D eigenvalue weighted by Gasteiger charge is 2.05. The zero-order valence-corrected chi connectivity index (χ0v) is 13.5. The van der Waals surface area contributed by atoms with Gasteiger partial charge in [0, 0.05) is 17.4 Å². The maximum absolute atomic E-state index is 11.9. The molecule has 0 saturated heterocycles. The summed E-state index contributed by atoms with van der Waals surface area (Å²) >= 11 is 3.42. The molecular weight excluding hydrogens is 302 g/mol. The minimum Gasteiger partial charge on any atom is -0.352 e. The molecule has 0 aliphatic carbocycles. The second-order valence-corrected chi connectivity index (χ2v) is 5.93. The van der Waals surface area contributed by atoms with Gasteiger partial charge in [0.2, 0.25) is 0 Å². The van der Waals surface area contributed by atoms with Crippen LogP contribution >= 0.6 is 15.9 Å². The lowest BCUT2D eigenvalue weighted by atomic mass is 10.0. The first-order valence-electron chi connectivity index (χ1n) is 7.09. The van der Waals surface area contributed by atoms with Crippen LogP contribution in [0.1, 0.15) is 61.4 Å². The molecule has 0 unspecified atom stereocenters. The molecule has 0 fully saturated rings. The van der Waals surface area contributed by atoms with Gasteiger partial charge in [0.25, 0.3) is 5.91 Å². The molecular formula is C16H24BrNO. The molecule has 0 radical (unpaired) electrons. The summed E-state index contributed by atoms with van der Waals surface area (Å²) in [7, 11) is 0. The number of carbonyl (C=O) groups excluding carboxylic acids is 1. The second-order valence-electron chi connectivity index (χ2n) is 5.14. The molecule has 0 atom stereocenters. The maximum Gasteiger partial charge on any atom is 0.251 e. The number of unbranched alkanes of at least 4 members (excludes halogenated alkanes) is 3. The van der Waals surface area contributed by atoms with E-state index in [2.05, 4.69) is 35.1 Å². The summed E-state index contributed by atoms with van der Waals surface area (Å²) < 4.78 is 0. The van der Waals surface area contributed by atoms with Crippen molar-refractivity contribution in [3.8, 4) is 0 Å². The minimum absolute atomic E-state index is 0.0378. The molecule has 0 aliphatic heterocycles. The molecule has 1 aromatic rings. The van der Waals surface area contributed by atoms with Crippen molar-refractivity contribution in [2.75, 3.05) is 11.9 Å². The van der Waals surface area contributed by atoms with Crippen LogP contribution in [0.5, 0.6) is 0 Å². The Bertz CT molecular complexity index is 373. The Kier molecular flexibility index (Phi) is 7.80. The SMILES string of the molecule is CC(C)c1ccc(C(=O)NCCCCCCBr)cc1. The Hall–Kier alpha value is -0.830. The summed E-state index contributed by atoms with van der Waals surface area (Å²) in [5.74, 6) is 0.544. The van der Waals surface area contributed by atoms with Crippen LogP contribution in [0.15, 0.2) is 24.3 Å². The molecule has 19 heavy (non-hydrogen) atoms. The van der Waals surface area contributed by atoms with Gasteiger partial charge in [0.05, 0.1) is 0 Å². The van der Waals surface area contributed by atoms with Gasteiger partial charge in [-0.25, -0.2) is 0 Å². The van der Waals surface area contributed by atoms with Gasteiger partial charge in [-0.2, -0.15) is 0 Å². The summed E-state index contributed by atoms with van der Waals surface area (Å²) in [5.41, 5.74) is 2.02. The number of alkyl halides is 1. The van der Waals surface area contributed by atoms with Crippen LogP contribution < -0.4 is 5.32 Å². The summed E-state index contributed by atoms with van der Waals surface area (Å²) in [5, 5.41) is 4.04. The van der Waals surface area contributed by atoms with E-state index < -0.39 is 0 Å². The second kappa shape index (κ2) is 9.13. The molecule has 3 heteroatoms. The minimum atomic E-state index is 0.0378. The summed E-state index contributed by atoms with van der Waals surface area (Å²) in [4.78, 5) is 11.9. The molecule has 0 spiro atoms. The normalized spacial score (nSPS) is 10.7. The van der Waals surface area contributed by atoms with E-state index in [1.165, 1.54) is 24.8 Å². The molecule has 1 N–H and O–H groups in total. The number of rotatable bonds is 8. The van der Waals surface area contributed by atoms with Crippen molar-refractivity contribution in [1.82, 2.24) is 5.32 Å². The van der Waals surface area contributed by atoms with Gasteiger partial charge in [0.1, 0.15) is 0 Å².